The summed E-state index contributed by atoms with van der Waals surface area (Å²) < 4.78 is 13.9. The smallest absolute Gasteiger partial charge is 0.225 e. The molecule has 0 radical (unpaired) electrons. The quantitative estimate of drug-likeness (QED) is 0.888. The minimum absolute atomic E-state index is 0.00302. The van der Waals surface area contributed by atoms with E-state index in [1.807, 2.05) is 0 Å². The van der Waals surface area contributed by atoms with E-state index in [2.05, 4.69) is 5.32 Å². The number of hydrogen-bond acceptors (Lipinski definition) is 2. The minimum atomic E-state index is -0.304. The first-order valence-electron chi connectivity index (χ1n) is 9.95. The van der Waals surface area contributed by atoms with Gasteiger partial charge in [-0.1, -0.05) is 50.3 Å². The van der Waals surface area contributed by atoms with Gasteiger partial charge in [-0.05, 0) is 25.3 Å². The van der Waals surface area contributed by atoms with Gasteiger partial charge in [-0.2, -0.15) is 0 Å². The van der Waals surface area contributed by atoms with Crippen molar-refractivity contribution in [1.29, 1.82) is 0 Å². The third kappa shape index (κ3) is 5.05. The van der Waals surface area contributed by atoms with Gasteiger partial charge < -0.3 is 10.2 Å². The summed E-state index contributed by atoms with van der Waals surface area (Å²) >= 11 is 0. The molecule has 2 aliphatic rings. The van der Waals surface area contributed by atoms with E-state index in [1.54, 1.807) is 23.1 Å². The second-order valence-electron chi connectivity index (χ2n) is 7.65. The number of carbonyl (C=O) groups is 2. The van der Waals surface area contributed by atoms with Crippen LogP contribution in [0.4, 0.5) is 4.39 Å². The number of nitrogens with zero attached hydrogens (tertiary/aromatic N) is 1. The fraction of sp³-hybridized carbons (Fsp3) is 0.619. The number of likely N-dealkylation sites (tertiary alicyclic amines) is 1. The van der Waals surface area contributed by atoms with Crippen LogP contribution in [0.25, 0.3) is 0 Å². The molecule has 1 aliphatic carbocycles. The third-order valence-electron chi connectivity index (χ3n) is 5.64. The summed E-state index contributed by atoms with van der Waals surface area (Å²) in [6.45, 7) is 0.616. The van der Waals surface area contributed by atoms with Gasteiger partial charge in [0.05, 0.1) is 5.92 Å². The lowest BCUT2D eigenvalue weighted by Crippen LogP contribution is -2.47. The molecule has 3 rings (SSSR count). The van der Waals surface area contributed by atoms with Gasteiger partial charge in [0.1, 0.15) is 5.82 Å². The van der Waals surface area contributed by atoms with Crippen LogP contribution in [-0.4, -0.2) is 29.3 Å². The van der Waals surface area contributed by atoms with Gasteiger partial charge in [0.25, 0.3) is 0 Å². The van der Waals surface area contributed by atoms with Gasteiger partial charge in [0.15, 0.2) is 0 Å². The van der Waals surface area contributed by atoms with Crippen LogP contribution < -0.4 is 5.32 Å². The lowest BCUT2D eigenvalue weighted by atomic mass is 9.93. The van der Waals surface area contributed by atoms with Crippen LogP contribution in [0.2, 0.25) is 0 Å². The van der Waals surface area contributed by atoms with Gasteiger partial charge in [0.2, 0.25) is 11.8 Å². The van der Waals surface area contributed by atoms with E-state index >= 15 is 0 Å². The summed E-state index contributed by atoms with van der Waals surface area (Å²) in [7, 11) is 0. The number of hydrogen-bond donors (Lipinski definition) is 1. The summed E-state index contributed by atoms with van der Waals surface area (Å²) in [5, 5.41) is 3.22. The number of piperidine rings is 1. The molecular weight excluding hydrogens is 331 g/mol. The van der Waals surface area contributed by atoms with E-state index in [1.165, 1.54) is 38.2 Å². The molecule has 5 heteroatoms. The SMILES string of the molecule is O=C(NC1CCCCCCC1)[C@@H]1CCC(=O)N(Cc2ccccc2F)C1. The average Bonchev–Trinajstić information content (AvgIpc) is 2.61. The van der Waals surface area contributed by atoms with Crippen molar-refractivity contribution < 1.29 is 14.0 Å². The van der Waals surface area contributed by atoms with Crippen LogP contribution in [0.1, 0.15) is 63.4 Å². The van der Waals surface area contributed by atoms with Crippen molar-refractivity contribution in [3.8, 4) is 0 Å². The summed E-state index contributed by atoms with van der Waals surface area (Å²) in [6, 6.07) is 6.78. The average molecular weight is 360 g/mol. The van der Waals surface area contributed by atoms with E-state index in [0.29, 0.717) is 24.9 Å². The molecule has 4 nitrogen and oxygen atoms in total. The Labute approximate surface area is 155 Å². The standard InChI is InChI=1S/C21H29FN2O2/c22-19-11-7-6-8-16(19)14-24-15-17(12-13-20(24)25)21(26)23-18-9-4-2-1-3-5-10-18/h6-8,11,17-18H,1-5,9-10,12-15H2,(H,23,26)/t17-/m1/s1. The van der Waals surface area contributed by atoms with Crippen molar-refractivity contribution in [2.24, 2.45) is 5.92 Å². The fourth-order valence-electron chi connectivity index (χ4n) is 4.03. The molecule has 1 heterocycles. The van der Waals surface area contributed by atoms with Crippen molar-refractivity contribution >= 4 is 11.8 Å². The molecule has 0 spiro atoms. The van der Waals surface area contributed by atoms with Gasteiger partial charge in [-0.25, -0.2) is 4.39 Å². The summed E-state index contributed by atoms with van der Waals surface area (Å²) in [4.78, 5) is 26.6. The normalized spacial score (nSPS) is 22.6. The Morgan fingerprint density at radius 1 is 1.08 bits per heavy atom. The minimum Gasteiger partial charge on any atom is -0.353 e. The molecule has 0 aromatic heterocycles. The number of amides is 2. The molecule has 1 aliphatic heterocycles. The molecule has 1 atom stereocenters. The Kier molecular flexibility index (Phi) is 6.64. The van der Waals surface area contributed by atoms with Gasteiger partial charge in [-0.15, -0.1) is 0 Å². The van der Waals surface area contributed by atoms with E-state index in [0.717, 1.165) is 12.8 Å². The number of rotatable bonds is 4. The van der Waals surface area contributed by atoms with Crippen LogP contribution in [0, 0.1) is 11.7 Å². The van der Waals surface area contributed by atoms with Crippen molar-refractivity contribution in [3.63, 3.8) is 0 Å². The predicted octanol–water partition coefficient (Wildman–Crippen LogP) is 3.79. The van der Waals surface area contributed by atoms with Crippen LogP contribution in [0.15, 0.2) is 24.3 Å². The number of halogens is 1. The Hall–Kier alpha value is -1.91. The van der Waals surface area contributed by atoms with Crippen LogP contribution in [0.5, 0.6) is 0 Å². The molecule has 2 fully saturated rings. The largest absolute Gasteiger partial charge is 0.353 e. The van der Waals surface area contributed by atoms with Crippen LogP contribution >= 0.6 is 0 Å². The Balaban J connectivity index is 1.57. The second kappa shape index (κ2) is 9.15. The maximum Gasteiger partial charge on any atom is 0.225 e. The van der Waals surface area contributed by atoms with Crippen molar-refractivity contribution in [2.45, 2.75) is 70.4 Å². The summed E-state index contributed by atoms with van der Waals surface area (Å²) in [5.74, 6) is -0.434. The molecule has 26 heavy (non-hydrogen) atoms. The highest BCUT2D eigenvalue weighted by Crippen LogP contribution is 2.22. The third-order valence-corrected chi connectivity index (χ3v) is 5.64. The Morgan fingerprint density at radius 2 is 1.77 bits per heavy atom. The van der Waals surface area contributed by atoms with E-state index in [9.17, 15) is 14.0 Å². The molecular formula is C21H29FN2O2. The zero-order valence-electron chi connectivity index (χ0n) is 15.4. The van der Waals surface area contributed by atoms with E-state index in [4.69, 9.17) is 0 Å². The van der Waals surface area contributed by atoms with Crippen molar-refractivity contribution in [1.82, 2.24) is 10.2 Å². The molecule has 1 saturated carbocycles. The molecule has 1 aromatic rings. The van der Waals surface area contributed by atoms with E-state index < -0.39 is 0 Å². The molecule has 0 bridgehead atoms. The molecule has 2 amide bonds. The highest BCUT2D eigenvalue weighted by atomic mass is 19.1. The second-order valence-corrected chi connectivity index (χ2v) is 7.65. The lowest BCUT2D eigenvalue weighted by Gasteiger charge is -2.33. The fourth-order valence-corrected chi connectivity index (χ4v) is 4.03. The van der Waals surface area contributed by atoms with Gasteiger partial charge >= 0.3 is 0 Å². The number of carbonyl (C=O) groups excluding carboxylic acids is 2. The molecule has 1 saturated heterocycles. The van der Waals surface area contributed by atoms with Crippen molar-refractivity contribution in [3.05, 3.63) is 35.6 Å². The highest BCUT2D eigenvalue weighted by molar-refractivity contribution is 5.84. The maximum absolute atomic E-state index is 13.9. The Morgan fingerprint density at radius 3 is 2.50 bits per heavy atom. The van der Waals surface area contributed by atoms with Crippen LogP contribution in [0.3, 0.4) is 0 Å². The van der Waals surface area contributed by atoms with E-state index in [-0.39, 0.29) is 36.1 Å². The summed E-state index contributed by atoms with van der Waals surface area (Å²) in [5.41, 5.74) is 0.502. The Bertz CT molecular complexity index is 626. The monoisotopic (exact) mass is 360 g/mol. The number of nitrogens with one attached hydrogen (secondary N) is 1. The molecule has 1 aromatic carbocycles. The zero-order chi connectivity index (χ0) is 18.4. The van der Waals surface area contributed by atoms with Crippen molar-refractivity contribution in [2.75, 3.05) is 6.54 Å². The predicted molar refractivity (Wildman–Crippen MR) is 98.8 cm³/mol. The van der Waals surface area contributed by atoms with Crippen LogP contribution in [-0.2, 0) is 16.1 Å². The molecule has 0 unspecified atom stereocenters. The lowest BCUT2D eigenvalue weighted by molar-refractivity contribution is -0.139. The first kappa shape index (κ1) is 18.9. The molecule has 142 valence electrons. The molecule has 1 N–H and O–H groups in total. The van der Waals surface area contributed by atoms with Gasteiger partial charge in [0, 0.05) is 31.1 Å². The topological polar surface area (TPSA) is 49.4 Å². The first-order chi connectivity index (χ1) is 12.6. The zero-order valence-corrected chi connectivity index (χ0v) is 15.4. The number of benzene rings is 1. The maximum atomic E-state index is 13.9. The van der Waals surface area contributed by atoms with Gasteiger partial charge in [-0.3, -0.25) is 9.59 Å². The summed E-state index contributed by atoms with van der Waals surface area (Å²) in [6.07, 6.45) is 9.20. The highest BCUT2D eigenvalue weighted by Gasteiger charge is 2.31. The first-order valence-corrected chi connectivity index (χ1v) is 9.95.